The van der Waals surface area contributed by atoms with Crippen LogP contribution in [0.5, 0.6) is 0 Å². The molecule has 1 amide bonds. The van der Waals surface area contributed by atoms with E-state index in [4.69, 9.17) is 23.2 Å². The number of amides is 1. The number of benzene rings is 1. The molecule has 0 saturated heterocycles. The first-order chi connectivity index (χ1) is 9.88. The lowest BCUT2D eigenvalue weighted by Gasteiger charge is -2.05. The van der Waals surface area contributed by atoms with E-state index >= 15 is 0 Å². The first-order valence-corrected chi connectivity index (χ1v) is 7.28. The molecule has 1 N–H and O–H groups in total. The Bertz CT molecular complexity index is 718. The van der Waals surface area contributed by atoms with Gasteiger partial charge in [0.2, 0.25) is 0 Å². The number of aryl methyl sites for hydroxylation is 1. The molecular formula is C12H9Cl2N3O3S. The monoisotopic (exact) mass is 345 g/mol. The van der Waals surface area contributed by atoms with Crippen molar-refractivity contribution in [3.63, 3.8) is 0 Å². The summed E-state index contributed by atoms with van der Waals surface area (Å²) in [4.78, 5) is 27.3. The SMILES string of the molecule is Cc1cnc(CNC(=O)c2cc(Cl)c(Cl)c([N+](=O)[O-])c2)s1. The summed E-state index contributed by atoms with van der Waals surface area (Å²) in [6.07, 6.45) is 1.70. The van der Waals surface area contributed by atoms with E-state index in [0.29, 0.717) is 0 Å². The summed E-state index contributed by atoms with van der Waals surface area (Å²) in [7, 11) is 0. The summed E-state index contributed by atoms with van der Waals surface area (Å²) in [6.45, 7) is 2.15. The van der Waals surface area contributed by atoms with Gasteiger partial charge in [-0.2, -0.15) is 0 Å². The summed E-state index contributed by atoms with van der Waals surface area (Å²) in [6, 6.07) is 2.38. The summed E-state index contributed by atoms with van der Waals surface area (Å²) < 4.78 is 0. The third-order valence-corrected chi connectivity index (χ3v) is 4.24. The van der Waals surface area contributed by atoms with Crippen molar-refractivity contribution >= 4 is 46.1 Å². The Morgan fingerprint density at radius 2 is 2.19 bits per heavy atom. The second-order valence-electron chi connectivity index (χ2n) is 4.10. The molecule has 0 saturated carbocycles. The van der Waals surface area contributed by atoms with E-state index in [1.165, 1.54) is 17.4 Å². The fourth-order valence-corrected chi connectivity index (χ4v) is 2.70. The van der Waals surface area contributed by atoms with Gasteiger partial charge < -0.3 is 5.32 Å². The van der Waals surface area contributed by atoms with Crippen LogP contribution >= 0.6 is 34.5 Å². The lowest BCUT2D eigenvalue weighted by Crippen LogP contribution is -2.22. The number of halogens is 2. The largest absolute Gasteiger partial charge is 0.346 e. The van der Waals surface area contributed by atoms with Crippen LogP contribution in [0.2, 0.25) is 10.0 Å². The number of nitro groups is 1. The zero-order valence-corrected chi connectivity index (χ0v) is 13.1. The molecule has 1 aromatic heterocycles. The molecule has 0 atom stereocenters. The van der Waals surface area contributed by atoms with Crippen molar-refractivity contribution in [1.29, 1.82) is 0 Å². The highest BCUT2D eigenvalue weighted by Crippen LogP contribution is 2.33. The molecule has 1 aromatic carbocycles. The van der Waals surface area contributed by atoms with Crippen molar-refractivity contribution < 1.29 is 9.72 Å². The van der Waals surface area contributed by atoms with Crippen molar-refractivity contribution in [3.8, 4) is 0 Å². The molecule has 1 heterocycles. The zero-order valence-electron chi connectivity index (χ0n) is 10.7. The highest BCUT2D eigenvalue weighted by Gasteiger charge is 2.20. The van der Waals surface area contributed by atoms with Gasteiger partial charge in [0.25, 0.3) is 11.6 Å². The quantitative estimate of drug-likeness (QED) is 0.677. The number of nitro benzene ring substituents is 1. The molecule has 0 spiro atoms. The summed E-state index contributed by atoms with van der Waals surface area (Å²) >= 11 is 13.0. The van der Waals surface area contributed by atoms with Crippen molar-refractivity contribution in [2.75, 3.05) is 0 Å². The van der Waals surface area contributed by atoms with Gasteiger partial charge in [-0.25, -0.2) is 4.98 Å². The van der Waals surface area contributed by atoms with Gasteiger partial charge in [0.15, 0.2) is 0 Å². The predicted molar refractivity (Wildman–Crippen MR) is 81.1 cm³/mol. The van der Waals surface area contributed by atoms with E-state index in [0.717, 1.165) is 16.0 Å². The molecule has 2 aromatic rings. The van der Waals surface area contributed by atoms with Gasteiger partial charge in [-0.15, -0.1) is 11.3 Å². The molecule has 0 aliphatic carbocycles. The lowest BCUT2D eigenvalue weighted by molar-refractivity contribution is -0.384. The van der Waals surface area contributed by atoms with Crippen LogP contribution in [0.15, 0.2) is 18.3 Å². The molecule has 0 unspecified atom stereocenters. The number of carbonyl (C=O) groups excluding carboxylic acids is 1. The van der Waals surface area contributed by atoms with Crippen LogP contribution in [0, 0.1) is 17.0 Å². The Morgan fingerprint density at radius 1 is 1.48 bits per heavy atom. The van der Waals surface area contributed by atoms with Gasteiger partial charge in [0, 0.05) is 22.7 Å². The number of nitrogens with zero attached hydrogens (tertiary/aromatic N) is 2. The zero-order chi connectivity index (χ0) is 15.6. The Labute approximate surface area is 133 Å². The summed E-state index contributed by atoms with van der Waals surface area (Å²) in [5, 5.41) is 14.0. The Kier molecular flexibility index (Phi) is 4.76. The van der Waals surface area contributed by atoms with E-state index in [1.807, 2.05) is 6.92 Å². The Hall–Kier alpha value is -1.70. The molecule has 0 aliphatic heterocycles. The average molecular weight is 346 g/mol. The van der Waals surface area contributed by atoms with E-state index in [1.54, 1.807) is 6.20 Å². The molecular weight excluding hydrogens is 337 g/mol. The second-order valence-corrected chi connectivity index (χ2v) is 6.20. The third-order valence-electron chi connectivity index (χ3n) is 2.54. The molecule has 0 aliphatic rings. The number of aromatic nitrogens is 1. The number of carbonyl (C=O) groups is 1. The molecule has 2 rings (SSSR count). The minimum absolute atomic E-state index is 0.0406. The predicted octanol–water partition coefficient (Wildman–Crippen LogP) is 3.60. The van der Waals surface area contributed by atoms with Crippen molar-refractivity contribution in [2.45, 2.75) is 13.5 Å². The first-order valence-electron chi connectivity index (χ1n) is 5.71. The van der Waals surface area contributed by atoms with E-state index < -0.39 is 16.5 Å². The van der Waals surface area contributed by atoms with Crippen LogP contribution < -0.4 is 5.32 Å². The first kappa shape index (κ1) is 15.7. The van der Waals surface area contributed by atoms with Gasteiger partial charge in [-0.3, -0.25) is 14.9 Å². The van der Waals surface area contributed by atoms with Gasteiger partial charge in [0.05, 0.1) is 16.5 Å². The van der Waals surface area contributed by atoms with Crippen LogP contribution in [0.3, 0.4) is 0 Å². The molecule has 0 radical (unpaired) electrons. The minimum atomic E-state index is -0.685. The second kappa shape index (κ2) is 6.38. The number of rotatable bonds is 4. The maximum Gasteiger partial charge on any atom is 0.290 e. The van der Waals surface area contributed by atoms with Crippen molar-refractivity contribution in [2.24, 2.45) is 0 Å². The third kappa shape index (κ3) is 3.69. The fourth-order valence-electron chi connectivity index (χ4n) is 1.58. The number of thiazole rings is 1. The molecule has 0 bridgehead atoms. The summed E-state index contributed by atoms with van der Waals surface area (Å²) in [5.41, 5.74) is -0.330. The van der Waals surface area contributed by atoms with E-state index in [2.05, 4.69) is 10.3 Å². The normalized spacial score (nSPS) is 10.4. The smallest absolute Gasteiger partial charge is 0.290 e. The van der Waals surface area contributed by atoms with Gasteiger partial charge in [0.1, 0.15) is 10.0 Å². The maximum atomic E-state index is 12.0. The van der Waals surface area contributed by atoms with Gasteiger partial charge in [-0.05, 0) is 13.0 Å². The highest BCUT2D eigenvalue weighted by atomic mass is 35.5. The Morgan fingerprint density at radius 3 is 2.76 bits per heavy atom. The molecule has 9 heteroatoms. The Balaban J connectivity index is 2.17. The van der Waals surface area contributed by atoms with Crippen LogP contribution in [-0.4, -0.2) is 15.8 Å². The van der Waals surface area contributed by atoms with Crippen molar-refractivity contribution in [1.82, 2.24) is 10.3 Å². The highest BCUT2D eigenvalue weighted by molar-refractivity contribution is 7.11. The molecule has 21 heavy (non-hydrogen) atoms. The maximum absolute atomic E-state index is 12.0. The number of hydrogen-bond acceptors (Lipinski definition) is 5. The lowest BCUT2D eigenvalue weighted by atomic mass is 10.2. The van der Waals surface area contributed by atoms with Gasteiger partial charge >= 0.3 is 0 Å². The van der Waals surface area contributed by atoms with Crippen LogP contribution in [-0.2, 0) is 6.54 Å². The van der Waals surface area contributed by atoms with Crippen LogP contribution in [0.1, 0.15) is 20.2 Å². The molecule has 110 valence electrons. The average Bonchev–Trinajstić information content (AvgIpc) is 2.84. The molecule has 6 nitrogen and oxygen atoms in total. The summed E-state index contributed by atoms with van der Waals surface area (Å²) in [5.74, 6) is -0.482. The minimum Gasteiger partial charge on any atom is -0.346 e. The van der Waals surface area contributed by atoms with E-state index in [-0.39, 0.29) is 22.2 Å². The van der Waals surface area contributed by atoms with Crippen molar-refractivity contribution in [3.05, 3.63) is 53.9 Å². The topological polar surface area (TPSA) is 85.1 Å². The number of hydrogen-bond donors (Lipinski definition) is 1. The van der Waals surface area contributed by atoms with E-state index in [9.17, 15) is 14.9 Å². The fraction of sp³-hybridized carbons (Fsp3) is 0.167. The standard InChI is InChI=1S/C12H9Cl2N3O3S/c1-6-4-15-10(21-6)5-16-12(18)7-2-8(13)11(14)9(3-7)17(19)20/h2-4H,5H2,1H3,(H,16,18). The van der Waals surface area contributed by atoms with Crippen LogP contribution in [0.4, 0.5) is 5.69 Å². The van der Waals surface area contributed by atoms with Gasteiger partial charge in [-0.1, -0.05) is 23.2 Å². The van der Waals surface area contributed by atoms with Crippen LogP contribution in [0.25, 0.3) is 0 Å². The molecule has 0 fully saturated rings. The number of nitrogens with one attached hydrogen (secondary N) is 1.